The van der Waals surface area contributed by atoms with E-state index in [0.717, 1.165) is 22.0 Å². The first kappa shape index (κ1) is 14.5. The van der Waals surface area contributed by atoms with Crippen molar-refractivity contribution < 1.29 is 17.2 Å². The predicted molar refractivity (Wildman–Crippen MR) is 73.1 cm³/mol. The lowest BCUT2D eigenvalue weighted by Crippen LogP contribution is -2.27. The van der Waals surface area contributed by atoms with E-state index in [1.165, 1.54) is 19.2 Å². The number of anilines is 1. The number of nitrogens with zero attached hydrogens (tertiary/aromatic N) is 1. The van der Waals surface area contributed by atoms with Crippen LogP contribution in [0.2, 0.25) is 0 Å². The Labute approximate surface area is 116 Å². The second-order valence-electron chi connectivity index (χ2n) is 4.38. The SMILES string of the molecule is Cc1ccc(S(=O)(=O)N(C)c2ccc(F)cc2F)cc1. The summed E-state index contributed by atoms with van der Waals surface area (Å²) in [5.74, 6) is -1.68. The van der Waals surface area contributed by atoms with Crippen molar-refractivity contribution in [1.82, 2.24) is 0 Å². The molecule has 0 heterocycles. The first-order chi connectivity index (χ1) is 9.32. The minimum absolute atomic E-state index is 0.0503. The van der Waals surface area contributed by atoms with Crippen LogP contribution in [0.25, 0.3) is 0 Å². The number of benzene rings is 2. The fourth-order valence-corrected chi connectivity index (χ4v) is 2.94. The lowest BCUT2D eigenvalue weighted by atomic mass is 10.2. The number of aryl methyl sites for hydroxylation is 1. The van der Waals surface area contributed by atoms with E-state index in [-0.39, 0.29) is 10.6 Å². The Balaban J connectivity index is 2.45. The van der Waals surface area contributed by atoms with Gasteiger partial charge in [-0.1, -0.05) is 17.7 Å². The zero-order valence-corrected chi connectivity index (χ0v) is 11.8. The molecule has 2 aromatic carbocycles. The van der Waals surface area contributed by atoms with Gasteiger partial charge in [0.2, 0.25) is 0 Å². The van der Waals surface area contributed by atoms with Gasteiger partial charge < -0.3 is 0 Å². The summed E-state index contributed by atoms with van der Waals surface area (Å²) >= 11 is 0. The molecule has 0 aliphatic heterocycles. The molecule has 0 bridgehead atoms. The van der Waals surface area contributed by atoms with Crippen LogP contribution in [0, 0.1) is 18.6 Å². The molecular weight excluding hydrogens is 284 g/mol. The van der Waals surface area contributed by atoms with E-state index in [0.29, 0.717) is 6.07 Å². The zero-order chi connectivity index (χ0) is 14.9. The van der Waals surface area contributed by atoms with Crippen molar-refractivity contribution in [1.29, 1.82) is 0 Å². The van der Waals surface area contributed by atoms with Gasteiger partial charge in [0.15, 0.2) is 0 Å². The van der Waals surface area contributed by atoms with Crippen LogP contribution < -0.4 is 4.31 Å². The Morgan fingerprint density at radius 3 is 2.15 bits per heavy atom. The quantitative estimate of drug-likeness (QED) is 0.873. The first-order valence-corrected chi connectivity index (χ1v) is 7.27. The predicted octanol–water partition coefficient (Wildman–Crippen LogP) is 3.10. The minimum atomic E-state index is -3.87. The Morgan fingerprint density at radius 2 is 1.60 bits per heavy atom. The Bertz CT molecular complexity index is 727. The van der Waals surface area contributed by atoms with Gasteiger partial charge in [-0.2, -0.15) is 0 Å². The number of hydrogen-bond acceptors (Lipinski definition) is 2. The van der Waals surface area contributed by atoms with Crippen molar-refractivity contribution in [3.63, 3.8) is 0 Å². The summed E-state index contributed by atoms with van der Waals surface area (Å²) in [7, 11) is -2.65. The molecule has 6 heteroatoms. The van der Waals surface area contributed by atoms with Crippen molar-refractivity contribution in [2.75, 3.05) is 11.4 Å². The summed E-state index contributed by atoms with van der Waals surface area (Å²) < 4.78 is 52.0. The van der Waals surface area contributed by atoms with Crippen LogP contribution in [0.15, 0.2) is 47.4 Å². The molecular formula is C14H13F2NO2S. The molecule has 0 aromatic heterocycles. The Morgan fingerprint density at radius 1 is 1.00 bits per heavy atom. The van der Waals surface area contributed by atoms with Crippen molar-refractivity contribution in [3.05, 3.63) is 59.7 Å². The lowest BCUT2D eigenvalue weighted by molar-refractivity contribution is 0.577. The van der Waals surface area contributed by atoms with E-state index in [1.54, 1.807) is 12.1 Å². The molecule has 2 aromatic rings. The van der Waals surface area contributed by atoms with E-state index in [4.69, 9.17) is 0 Å². The highest BCUT2D eigenvalue weighted by Crippen LogP contribution is 2.25. The highest BCUT2D eigenvalue weighted by molar-refractivity contribution is 7.92. The highest BCUT2D eigenvalue weighted by atomic mass is 32.2. The highest BCUT2D eigenvalue weighted by Gasteiger charge is 2.23. The minimum Gasteiger partial charge on any atom is -0.266 e. The summed E-state index contributed by atoms with van der Waals surface area (Å²) in [4.78, 5) is 0.0503. The van der Waals surface area contributed by atoms with Gasteiger partial charge in [0.25, 0.3) is 10.0 Å². The summed E-state index contributed by atoms with van der Waals surface area (Å²) in [6, 6.07) is 8.96. The van der Waals surface area contributed by atoms with Gasteiger partial charge in [0.1, 0.15) is 11.6 Å². The van der Waals surface area contributed by atoms with Crippen LogP contribution in [-0.4, -0.2) is 15.5 Å². The van der Waals surface area contributed by atoms with Crippen LogP contribution >= 0.6 is 0 Å². The molecule has 0 unspecified atom stereocenters. The number of rotatable bonds is 3. The molecule has 0 saturated carbocycles. The molecule has 0 aliphatic carbocycles. The number of hydrogen-bond donors (Lipinski definition) is 0. The zero-order valence-electron chi connectivity index (χ0n) is 11.0. The third-order valence-corrected chi connectivity index (χ3v) is 4.71. The van der Waals surface area contributed by atoms with Crippen molar-refractivity contribution in [2.24, 2.45) is 0 Å². The van der Waals surface area contributed by atoms with Gasteiger partial charge in [-0.25, -0.2) is 17.2 Å². The van der Waals surface area contributed by atoms with Crippen LogP contribution in [0.5, 0.6) is 0 Å². The molecule has 2 rings (SSSR count). The molecule has 0 amide bonds. The van der Waals surface area contributed by atoms with Crippen LogP contribution in [-0.2, 0) is 10.0 Å². The summed E-state index contributed by atoms with van der Waals surface area (Å²) in [6.45, 7) is 1.83. The maximum absolute atomic E-state index is 13.7. The van der Waals surface area contributed by atoms with Gasteiger partial charge in [-0.05, 0) is 31.2 Å². The molecule has 0 radical (unpaired) electrons. The van der Waals surface area contributed by atoms with Crippen LogP contribution in [0.1, 0.15) is 5.56 Å². The van der Waals surface area contributed by atoms with Crippen molar-refractivity contribution in [3.8, 4) is 0 Å². The van der Waals surface area contributed by atoms with E-state index in [9.17, 15) is 17.2 Å². The largest absolute Gasteiger partial charge is 0.266 e. The molecule has 0 aliphatic rings. The first-order valence-electron chi connectivity index (χ1n) is 5.83. The average Bonchev–Trinajstić information content (AvgIpc) is 2.38. The van der Waals surface area contributed by atoms with E-state index in [2.05, 4.69) is 0 Å². The third kappa shape index (κ3) is 2.65. The summed E-state index contributed by atoms with van der Waals surface area (Å²) in [5.41, 5.74) is 0.714. The smallest absolute Gasteiger partial charge is 0.264 e. The molecule has 3 nitrogen and oxygen atoms in total. The van der Waals surface area contributed by atoms with E-state index >= 15 is 0 Å². The fraction of sp³-hybridized carbons (Fsp3) is 0.143. The third-order valence-electron chi connectivity index (χ3n) is 2.93. The summed E-state index contributed by atoms with van der Waals surface area (Å²) in [6.07, 6.45) is 0. The maximum Gasteiger partial charge on any atom is 0.264 e. The average molecular weight is 297 g/mol. The maximum atomic E-state index is 13.7. The van der Waals surface area contributed by atoms with Gasteiger partial charge in [-0.3, -0.25) is 4.31 Å². The van der Waals surface area contributed by atoms with Crippen molar-refractivity contribution in [2.45, 2.75) is 11.8 Å². The molecule has 0 fully saturated rings. The Kier molecular flexibility index (Phi) is 3.76. The molecule has 20 heavy (non-hydrogen) atoms. The van der Waals surface area contributed by atoms with Gasteiger partial charge in [0.05, 0.1) is 10.6 Å². The lowest BCUT2D eigenvalue weighted by Gasteiger charge is -2.20. The Hall–Kier alpha value is -1.95. The summed E-state index contributed by atoms with van der Waals surface area (Å²) in [5, 5.41) is 0. The molecule has 0 spiro atoms. The molecule has 0 atom stereocenters. The monoisotopic (exact) mass is 297 g/mol. The molecule has 106 valence electrons. The second kappa shape index (κ2) is 5.20. The number of sulfonamides is 1. The van der Waals surface area contributed by atoms with Crippen LogP contribution in [0.4, 0.5) is 14.5 Å². The molecule has 0 saturated heterocycles. The normalized spacial score (nSPS) is 11.4. The second-order valence-corrected chi connectivity index (χ2v) is 6.35. The fourth-order valence-electron chi connectivity index (χ4n) is 1.73. The van der Waals surface area contributed by atoms with Crippen LogP contribution in [0.3, 0.4) is 0 Å². The topological polar surface area (TPSA) is 37.4 Å². The van der Waals surface area contributed by atoms with Gasteiger partial charge in [0, 0.05) is 13.1 Å². The standard InChI is InChI=1S/C14H13F2NO2S/c1-10-3-6-12(7-4-10)20(18,19)17(2)14-8-5-11(15)9-13(14)16/h3-9H,1-2H3. The van der Waals surface area contributed by atoms with E-state index in [1.807, 2.05) is 6.92 Å². The van der Waals surface area contributed by atoms with Gasteiger partial charge >= 0.3 is 0 Å². The van der Waals surface area contributed by atoms with Crippen molar-refractivity contribution >= 4 is 15.7 Å². The molecule has 0 N–H and O–H groups in total. The van der Waals surface area contributed by atoms with E-state index < -0.39 is 21.7 Å². The van der Waals surface area contributed by atoms with Gasteiger partial charge in [-0.15, -0.1) is 0 Å². The number of halogens is 2.